The third kappa shape index (κ3) is 5.29. The lowest BCUT2D eigenvalue weighted by Gasteiger charge is -2.30. The van der Waals surface area contributed by atoms with Crippen LogP contribution in [0.25, 0.3) is 6.08 Å². The second kappa shape index (κ2) is 10.6. The van der Waals surface area contributed by atoms with E-state index in [9.17, 15) is 13.6 Å². The fraction of sp³-hybridized carbons (Fsp3) is 0.207. The molecule has 8 heteroatoms. The lowest BCUT2D eigenvalue weighted by molar-refractivity contribution is 0.0971. The van der Waals surface area contributed by atoms with Gasteiger partial charge >= 0.3 is 0 Å². The maximum atomic E-state index is 13.7. The molecule has 1 N–H and O–H groups in total. The zero-order valence-electron chi connectivity index (χ0n) is 20.2. The van der Waals surface area contributed by atoms with Crippen LogP contribution in [-0.2, 0) is 0 Å². The third-order valence-corrected chi connectivity index (χ3v) is 6.99. The van der Waals surface area contributed by atoms with Crippen molar-refractivity contribution in [1.82, 2.24) is 10.3 Å². The van der Waals surface area contributed by atoms with Gasteiger partial charge in [-0.05, 0) is 103 Å². The van der Waals surface area contributed by atoms with Gasteiger partial charge in [0.2, 0.25) is 0 Å². The molecule has 1 saturated carbocycles. The van der Waals surface area contributed by atoms with Crippen LogP contribution in [0.5, 0.6) is 5.75 Å². The third-order valence-electron chi connectivity index (χ3n) is 6.70. The van der Waals surface area contributed by atoms with Crippen LogP contribution >= 0.6 is 12.2 Å². The molecule has 1 fully saturated rings. The average molecular weight is 518 g/mol. The summed E-state index contributed by atoms with van der Waals surface area (Å²) in [5.41, 5.74) is 4.09. The summed E-state index contributed by atoms with van der Waals surface area (Å²) in [5, 5.41) is 9.53. The van der Waals surface area contributed by atoms with Gasteiger partial charge in [0.1, 0.15) is 17.4 Å². The molecule has 1 aliphatic heterocycles. The Hall–Kier alpha value is -3.91. The van der Waals surface area contributed by atoms with Crippen molar-refractivity contribution in [2.45, 2.75) is 25.3 Å². The SMILES string of the molecule is COc1ccc(C(=O)NC(=S)N2N=C3C(=Cc4ccc(F)cc4)CCCC3C2c2ccc(F)cc2)cc1. The van der Waals surface area contributed by atoms with Gasteiger partial charge in [-0.1, -0.05) is 24.3 Å². The number of hydrogen-bond donors (Lipinski definition) is 1. The van der Waals surface area contributed by atoms with Crippen molar-refractivity contribution in [1.29, 1.82) is 0 Å². The summed E-state index contributed by atoms with van der Waals surface area (Å²) < 4.78 is 32.3. The number of carbonyl (C=O) groups excluding carboxylic acids is 1. The number of methoxy groups -OCH3 is 1. The van der Waals surface area contributed by atoms with Gasteiger partial charge in [-0.2, -0.15) is 5.10 Å². The summed E-state index contributed by atoms with van der Waals surface area (Å²) >= 11 is 5.67. The Morgan fingerprint density at radius 2 is 1.68 bits per heavy atom. The number of halogens is 2. The number of carbonyl (C=O) groups is 1. The minimum absolute atomic E-state index is 0.00162. The summed E-state index contributed by atoms with van der Waals surface area (Å²) in [6.07, 6.45) is 4.65. The quantitative estimate of drug-likeness (QED) is 0.414. The smallest absolute Gasteiger partial charge is 0.257 e. The van der Waals surface area contributed by atoms with Gasteiger partial charge in [-0.3, -0.25) is 10.1 Å². The molecule has 2 aliphatic rings. The van der Waals surface area contributed by atoms with Crippen molar-refractivity contribution < 1.29 is 18.3 Å². The number of hydrogen-bond acceptors (Lipinski definition) is 4. The van der Waals surface area contributed by atoms with Crippen molar-refractivity contribution >= 4 is 35.0 Å². The molecule has 0 radical (unpaired) electrons. The number of ether oxygens (including phenoxy) is 1. The second-order valence-corrected chi connectivity index (χ2v) is 9.42. The van der Waals surface area contributed by atoms with Crippen molar-refractivity contribution in [3.63, 3.8) is 0 Å². The molecule has 1 heterocycles. The molecule has 3 aromatic carbocycles. The van der Waals surface area contributed by atoms with Crippen LogP contribution in [0.15, 0.2) is 83.5 Å². The minimum atomic E-state index is -0.359. The van der Waals surface area contributed by atoms with Crippen LogP contribution in [0.4, 0.5) is 8.78 Å². The number of allylic oxidation sites excluding steroid dienone is 1. The number of amides is 1. The summed E-state index contributed by atoms with van der Waals surface area (Å²) in [6, 6.07) is 19.1. The van der Waals surface area contributed by atoms with Crippen LogP contribution in [0.2, 0.25) is 0 Å². The highest BCUT2D eigenvalue weighted by atomic mass is 32.1. The zero-order valence-corrected chi connectivity index (χ0v) is 21.0. The molecule has 5 nitrogen and oxygen atoms in total. The van der Waals surface area contributed by atoms with Gasteiger partial charge in [0.15, 0.2) is 5.11 Å². The lowest BCUT2D eigenvalue weighted by atomic mass is 9.77. The van der Waals surface area contributed by atoms with Gasteiger partial charge in [0.05, 0.1) is 18.9 Å². The first-order chi connectivity index (χ1) is 17.9. The van der Waals surface area contributed by atoms with E-state index in [2.05, 4.69) is 5.32 Å². The molecule has 0 spiro atoms. The Labute approximate surface area is 219 Å². The summed E-state index contributed by atoms with van der Waals surface area (Å²) in [5.74, 6) is -0.330. The molecular weight excluding hydrogens is 492 g/mol. The van der Waals surface area contributed by atoms with Crippen molar-refractivity contribution in [3.05, 3.63) is 107 Å². The Balaban J connectivity index is 1.47. The van der Waals surface area contributed by atoms with E-state index in [0.717, 1.165) is 41.7 Å². The van der Waals surface area contributed by atoms with Crippen LogP contribution in [0.3, 0.4) is 0 Å². The topological polar surface area (TPSA) is 53.9 Å². The summed E-state index contributed by atoms with van der Waals surface area (Å²) in [7, 11) is 1.56. The number of rotatable bonds is 4. The lowest BCUT2D eigenvalue weighted by Crippen LogP contribution is -2.41. The number of hydrazone groups is 1. The number of nitrogens with zero attached hydrogens (tertiary/aromatic N) is 2. The molecule has 188 valence electrons. The highest BCUT2D eigenvalue weighted by molar-refractivity contribution is 7.80. The maximum Gasteiger partial charge on any atom is 0.257 e. The van der Waals surface area contributed by atoms with E-state index >= 15 is 0 Å². The van der Waals surface area contributed by atoms with Gasteiger partial charge in [0.25, 0.3) is 5.91 Å². The van der Waals surface area contributed by atoms with Crippen LogP contribution in [0, 0.1) is 17.6 Å². The number of nitrogens with one attached hydrogen (secondary N) is 1. The molecule has 0 saturated heterocycles. The van der Waals surface area contributed by atoms with Crippen molar-refractivity contribution in [2.75, 3.05) is 7.11 Å². The summed E-state index contributed by atoms with van der Waals surface area (Å²) in [6.45, 7) is 0. The fourth-order valence-electron chi connectivity index (χ4n) is 4.89. The minimum Gasteiger partial charge on any atom is -0.497 e. The first-order valence-corrected chi connectivity index (χ1v) is 12.4. The highest BCUT2D eigenvalue weighted by Crippen LogP contribution is 2.44. The first kappa shape index (κ1) is 24.8. The fourth-order valence-corrected chi connectivity index (χ4v) is 5.14. The van der Waals surface area contributed by atoms with Gasteiger partial charge in [-0.15, -0.1) is 0 Å². The Morgan fingerprint density at radius 3 is 2.32 bits per heavy atom. The largest absolute Gasteiger partial charge is 0.497 e. The highest BCUT2D eigenvalue weighted by Gasteiger charge is 2.43. The van der Waals surface area contributed by atoms with E-state index in [1.165, 1.54) is 24.3 Å². The van der Waals surface area contributed by atoms with Gasteiger partial charge < -0.3 is 4.74 Å². The van der Waals surface area contributed by atoms with Crippen LogP contribution in [-0.4, -0.2) is 28.9 Å². The number of fused-ring (bicyclic) bond motifs is 1. The predicted molar refractivity (Wildman–Crippen MR) is 143 cm³/mol. The molecule has 0 aromatic heterocycles. The van der Waals surface area contributed by atoms with E-state index in [1.54, 1.807) is 60.6 Å². The van der Waals surface area contributed by atoms with Crippen LogP contribution in [0.1, 0.15) is 46.8 Å². The van der Waals surface area contributed by atoms with E-state index in [1.807, 2.05) is 6.08 Å². The molecule has 37 heavy (non-hydrogen) atoms. The molecule has 1 amide bonds. The average Bonchev–Trinajstić information content (AvgIpc) is 3.31. The molecule has 0 bridgehead atoms. The molecule has 3 aromatic rings. The van der Waals surface area contributed by atoms with Crippen LogP contribution < -0.4 is 10.1 Å². The Kier molecular flexibility index (Phi) is 7.10. The molecule has 1 aliphatic carbocycles. The van der Waals surface area contributed by atoms with Gasteiger partial charge in [-0.25, -0.2) is 13.8 Å². The monoisotopic (exact) mass is 517 g/mol. The first-order valence-electron chi connectivity index (χ1n) is 12.0. The number of thiocarbonyl (C=S) groups is 1. The molecule has 2 atom stereocenters. The van der Waals surface area contributed by atoms with Gasteiger partial charge in [0, 0.05) is 11.5 Å². The Bertz CT molecular complexity index is 1370. The van der Waals surface area contributed by atoms with Crippen molar-refractivity contribution in [3.8, 4) is 5.75 Å². The zero-order chi connectivity index (χ0) is 25.9. The Morgan fingerprint density at radius 1 is 1.03 bits per heavy atom. The van der Waals surface area contributed by atoms with E-state index < -0.39 is 0 Å². The summed E-state index contributed by atoms with van der Waals surface area (Å²) in [4.78, 5) is 12.9. The van der Waals surface area contributed by atoms with Crippen molar-refractivity contribution in [2.24, 2.45) is 11.0 Å². The maximum absolute atomic E-state index is 13.7. The van der Waals surface area contributed by atoms with E-state index in [-0.39, 0.29) is 34.6 Å². The molecule has 5 rings (SSSR count). The predicted octanol–water partition coefficient (Wildman–Crippen LogP) is 6.28. The molecular formula is C29H25F2N3O2S. The second-order valence-electron chi connectivity index (χ2n) is 9.03. The normalized spacial score (nSPS) is 19.8. The van der Waals surface area contributed by atoms with E-state index in [0.29, 0.717) is 11.3 Å². The standard InChI is InChI=1S/C29H25F2N3O2S/c1-36-24-15-9-20(10-16-24)28(35)32-29(37)34-27(19-7-13-23(31)14-8-19)25-4-2-3-21(26(25)33-34)17-18-5-11-22(30)12-6-18/h5-17,25,27H,2-4H2,1H3,(H,32,35,37). The number of benzene rings is 3. The molecule has 2 unspecified atom stereocenters. The van der Waals surface area contributed by atoms with E-state index in [4.69, 9.17) is 22.1 Å².